The van der Waals surface area contributed by atoms with E-state index < -0.39 is 12.1 Å². The minimum Gasteiger partial charge on any atom is -0.463 e. The summed E-state index contributed by atoms with van der Waals surface area (Å²) in [5.74, 6) is 0.0289. The largest absolute Gasteiger partial charge is 0.463 e. The van der Waals surface area contributed by atoms with Crippen molar-refractivity contribution in [3.05, 3.63) is 12.2 Å². The van der Waals surface area contributed by atoms with E-state index in [1.807, 2.05) is 0 Å². The number of ether oxygens (including phenoxy) is 2. The van der Waals surface area contributed by atoms with Gasteiger partial charge in [0.1, 0.15) is 0 Å². The number of fused-ring (bicyclic) bond motifs is 2. The molecule has 0 amide bonds. The Morgan fingerprint density at radius 3 is 2.65 bits per heavy atom. The first kappa shape index (κ1) is 12.1. The summed E-state index contributed by atoms with van der Waals surface area (Å²) in [5, 5.41) is 0. The van der Waals surface area contributed by atoms with Crippen LogP contribution >= 0.6 is 0 Å². The summed E-state index contributed by atoms with van der Waals surface area (Å²) < 4.78 is 9.95. The maximum absolute atomic E-state index is 11.9. The van der Waals surface area contributed by atoms with Crippen molar-refractivity contribution in [1.82, 2.24) is 0 Å². The second-order valence-electron chi connectivity index (χ2n) is 4.72. The maximum Gasteiger partial charge on any atom is 0.347 e. The summed E-state index contributed by atoms with van der Waals surface area (Å²) in [4.78, 5) is 23.2. The van der Waals surface area contributed by atoms with E-state index in [-0.39, 0.29) is 11.9 Å². The number of esters is 2. The van der Waals surface area contributed by atoms with Crippen LogP contribution in [0, 0.1) is 17.8 Å². The van der Waals surface area contributed by atoms with Crippen LogP contribution in [0.15, 0.2) is 12.2 Å². The van der Waals surface area contributed by atoms with E-state index in [9.17, 15) is 9.59 Å². The Labute approximate surface area is 101 Å². The molecule has 0 N–H and O–H groups in total. The molecule has 0 aromatic rings. The standard InChI is InChI=1S/C13H18O4/c1-3-16-12(14)8(2)17-13(15)11-7-9-4-5-10(11)6-9/h4-5,8-11H,3,6-7H2,1-2H3. The smallest absolute Gasteiger partial charge is 0.347 e. The molecule has 0 heterocycles. The van der Waals surface area contributed by atoms with Gasteiger partial charge >= 0.3 is 11.9 Å². The highest BCUT2D eigenvalue weighted by Crippen LogP contribution is 2.43. The number of rotatable bonds is 4. The van der Waals surface area contributed by atoms with Crippen molar-refractivity contribution in [1.29, 1.82) is 0 Å². The highest BCUT2D eigenvalue weighted by atomic mass is 16.6. The summed E-state index contributed by atoms with van der Waals surface area (Å²) in [5.41, 5.74) is 0. The van der Waals surface area contributed by atoms with Gasteiger partial charge in [0.05, 0.1) is 12.5 Å². The molecule has 0 spiro atoms. The number of allylic oxidation sites excluding steroid dienone is 2. The van der Waals surface area contributed by atoms with E-state index in [1.165, 1.54) is 0 Å². The monoisotopic (exact) mass is 238 g/mol. The summed E-state index contributed by atoms with van der Waals surface area (Å²) in [6.45, 7) is 3.59. The van der Waals surface area contributed by atoms with Crippen LogP contribution in [0.1, 0.15) is 26.7 Å². The van der Waals surface area contributed by atoms with Gasteiger partial charge in [-0.2, -0.15) is 0 Å². The molecule has 17 heavy (non-hydrogen) atoms. The fraction of sp³-hybridized carbons (Fsp3) is 0.692. The van der Waals surface area contributed by atoms with Crippen LogP contribution in [-0.4, -0.2) is 24.6 Å². The molecule has 1 saturated carbocycles. The Hall–Kier alpha value is -1.32. The predicted octanol–water partition coefficient (Wildman–Crippen LogP) is 1.69. The van der Waals surface area contributed by atoms with Crippen molar-refractivity contribution < 1.29 is 19.1 Å². The second-order valence-corrected chi connectivity index (χ2v) is 4.72. The van der Waals surface area contributed by atoms with Crippen molar-refractivity contribution >= 4 is 11.9 Å². The lowest BCUT2D eigenvalue weighted by Crippen LogP contribution is -2.31. The molecule has 4 atom stereocenters. The average Bonchev–Trinajstić information content (AvgIpc) is 2.90. The molecule has 2 bridgehead atoms. The Kier molecular flexibility index (Phi) is 3.50. The van der Waals surface area contributed by atoms with Gasteiger partial charge < -0.3 is 9.47 Å². The molecular formula is C13H18O4. The third kappa shape index (κ3) is 2.51. The van der Waals surface area contributed by atoms with E-state index in [4.69, 9.17) is 9.47 Å². The second kappa shape index (κ2) is 4.90. The number of carbonyl (C=O) groups is 2. The number of carbonyl (C=O) groups excluding carboxylic acids is 2. The molecule has 2 aliphatic rings. The summed E-state index contributed by atoms with van der Waals surface area (Å²) in [6, 6.07) is 0. The van der Waals surface area contributed by atoms with Gasteiger partial charge in [0, 0.05) is 0 Å². The SMILES string of the molecule is CCOC(=O)C(C)OC(=O)C1CC2C=CC1C2. The Morgan fingerprint density at radius 1 is 1.35 bits per heavy atom. The zero-order chi connectivity index (χ0) is 12.4. The molecule has 94 valence electrons. The minimum atomic E-state index is -0.800. The van der Waals surface area contributed by atoms with Gasteiger partial charge in [-0.25, -0.2) is 4.79 Å². The van der Waals surface area contributed by atoms with Crippen molar-refractivity contribution in [3.8, 4) is 0 Å². The van der Waals surface area contributed by atoms with Crippen LogP contribution in [0.2, 0.25) is 0 Å². The highest BCUT2D eigenvalue weighted by Gasteiger charge is 2.41. The highest BCUT2D eigenvalue weighted by molar-refractivity contribution is 5.80. The van der Waals surface area contributed by atoms with Gasteiger partial charge in [-0.3, -0.25) is 4.79 Å². The van der Waals surface area contributed by atoms with Crippen molar-refractivity contribution in [2.75, 3.05) is 6.61 Å². The summed E-state index contributed by atoms with van der Waals surface area (Å²) >= 11 is 0. The topological polar surface area (TPSA) is 52.6 Å². The van der Waals surface area contributed by atoms with Gasteiger partial charge in [0.25, 0.3) is 0 Å². The predicted molar refractivity (Wildman–Crippen MR) is 61.0 cm³/mol. The van der Waals surface area contributed by atoms with Gasteiger partial charge in [-0.1, -0.05) is 12.2 Å². The molecule has 2 aliphatic carbocycles. The normalized spacial score (nSPS) is 31.3. The van der Waals surface area contributed by atoms with E-state index in [0.29, 0.717) is 18.4 Å². The molecule has 1 fully saturated rings. The average molecular weight is 238 g/mol. The zero-order valence-electron chi connectivity index (χ0n) is 10.2. The first-order valence-electron chi connectivity index (χ1n) is 6.17. The molecule has 4 heteroatoms. The zero-order valence-corrected chi connectivity index (χ0v) is 10.2. The lowest BCUT2D eigenvalue weighted by atomic mass is 9.94. The lowest BCUT2D eigenvalue weighted by molar-refractivity contribution is -0.169. The van der Waals surface area contributed by atoms with Crippen LogP contribution in [0.4, 0.5) is 0 Å². The molecule has 0 aromatic heterocycles. The molecule has 0 aromatic carbocycles. The van der Waals surface area contributed by atoms with Gasteiger partial charge in [0.2, 0.25) is 0 Å². The molecule has 0 saturated heterocycles. The number of hydrogen-bond donors (Lipinski definition) is 0. The summed E-state index contributed by atoms with van der Waals surface area (Å²) in [6.07, 6.45) is 5.37. The third-order valence-electron chi connectivity index (χ3n) is 3.49. The molecule has 4 unspecified atom stereocenters. The summed E-state index contributed by atoms with van der Waals surface area (Å²) in [7, 11) is 0. The van der Waals surface area contributed by atoms with E-state index >= 15 is 0 Å². The van der Waals surface area contributed by atoms with Gasteiger partial charge in [0.15, 0.2) is 6.10 Å². The van der Waals surface area contributed by atoms with E-state index in [2.05, 4.69) is 12.2 Å². The van der Waals surface area contributed by atoms with Crippen molar-refractivity contribution in [2.24, 2.45) is 17.8 Å². The Morgan fingerprint density at radius 2 is 2.12 bits per heavy atom. The fourth-order valence-corrected chi connectivity index (χ4v) is 2.62. The van der Waals surface area contributed by atoms with Crippen LogP contribution in [-0.2, 0) is 19.1 Å². The molecule has 0 aliphatic heterocycles. The molecule has 2 rings (SSSR count). The number of hydrogen-bond acceptors (Lipinski definition) is 4. The van der Waals surface area contributed by atoms with Crippen molar-refractivity contribution in [3.63, 3.8) is 0 Å². The van der Waals surface area contributed by atoms with Crippen LogP contribution in [0.3, 0.4) is 0 Å². The van der Waals surface area contributed by atoms with E-state index in [1.54, 1.807) is 13.8 Å². The van der Waals surface area contributed by atoms with E-state index in [0.717, 1.165) is 12.8 Å². The van der Waals surface area contributed by atoms with Crippen molar-refractivity contribution in [2.45, 2.75) is 32.8 Å². The molecule has 4 nitrogen and oxygen atoms in total. The van der Waals surface area contributed by atoms with Gasteiger partial charge in [-0.05, 0) is 38.5 Å². The van der Waals surface area contributed by atoms with Crippen LogP contribution in [0.5, 0.6) is 0 Å². The molecular weight excluding hydrogens is 220 g/mol. The first-order chi connectivity index (χ1) is 8.11. The fourth-order valence-electron chi connectivity index (χ4n) is 2.62. The third-order valence-corrected chi connectivity index (χ3v) is 3.49. The Balaban J connectivity index is 1.85. The van der Waals surface area contributed by atoms with Crippen LogP contribution in [0.25, 0.3) is 0 Å². The quantitative estimate of drug-likeness (QED) is 0.552. The lowest BCUT2D eigenvalue weighted by Gasteiger charge is -2.19. The van der Waals surface area contributed by atoms with Gasteiger partial charge in [-0.15, -0.1) is 0 Å². The van der Waals surface area contributed by atoms with Crippen LogP contribution < -0.4 is 0 Å². The maximum atomic E-state index is 11.9. The minimum absolute atomic E-state index is 0.0677. The molecule has 0 radical (unpaired) electrons. The first-order valence-corrected chi connectivity index (χ1v) is 6.17. The Bertz CT molecular complexity index is 347.